The van der Waals surface area contributed by atoms with Crippen molar-refractivity contribution >= 4 is 5.91 Å². The minimum absolute atomic E-state index is 0.187. The van der Waals surface area contributed by atoms with Gasteiger partial charge in [-0.1, -0.05) is 30.3 Å². The van der Waals surface area contributed by atoms with Crippen molar-refractivity contribution in [3.05, 3.63) is 59.7 Å². The van der Waals surface area contributed by atoms with Gasteiger partial charge in [0.1, 0.15) is 5.60 Å². The molecule has 1 saturated heterocycles. The van der Waals surface area contributed by atoms with Gasteiger partial charge in [-0.05, 0) is 42.2 Å². The van der Waals surface area contributed by atoms with Gasteiger partial charge in [-0.25, -0.2) is 0 Å². The third-order valence-corrected chi connectivity index (χ3v) is 5.23. The van der Waals surface area contributed by atoms with E-state index in [1.807, 2.05) is 0 Å². The summed E-state index contributed by atoms with van der Waals surface area (Å²) in [7, 11) is 1.51. The number of likely N-dealkylation sites (tertiary alicyclic amines) is 1. The van der Waals surface area contributed by atoms with Gasteiger partial charge in [-0.15, -0.1) is 0 Å². The number of carbonyl (C=O) groups excluding carboxylic acids is 1. The molecule has 28 heavy (non-hydrogen) atoms. The predicted octanol–water partition coefficient (Wildman–Crippen LogP) is 3.99. The largest absolute Gasteiger partial charge is 0.416 e. The molecular formula is C21H22F3NO3. The van der Waals surface area contributed by atoms with Crippen molar-refractivity contribution in [2.75, 3.05) is 26.8 Å². The van der Waals surface area contributed by atoms with Crippen LogP contribution < -0.4 is 0 Å². The summed E-state index contributed by atoms with van der Waals surface area (Å²) in [5.41, 5.74) is 0.000890. The summed E-state index contributed by atoms with van der Waals surface area (Å²) in [6.45, 7) is 0.610. The first-order valence-corrected chi connectivity index (χ1v) is 9.02. The number of alkyl halides is 3. The van der Waals surface area contributed by atoms with Gasteiger partial charge in [0, 0.05) is 19.2 Å². The minimum Gasteiger partial charge on any atom is -0.393 e. The molecule has 1 fully saturated rings. The Bertz CT molecular complexity index is 830. The topological polar surface area (TPSA) is 49.8 Å². The van der Waals surface area contributed by atoms with Crippen molar-refractivity contribution in [2.45, 2.75) is 24.6 Å². The zero-order valence-electron chi connectivity index (χ0n) is 15.5. The highest BCUT2D eigenvalue weighted by atomic mass is 19.4. The van der Waals surface area contributed by atoms with E-state index in [1.54, 1.807) is 29.2 Å². The van der Waals surface area contributed by atoms with Gasteiger partial charge in [-0.2, -0.15) is 13.2 Å². The summed E-state index contributed by atoms with van der Waals surface area (Å²) in [6.07, 6.45) is -3.05. The first-order valence-electron chi connectivity index (χ1n) is 9.02. The monoisotopic (exact) mass is 393 g/mol. The summed E-state index contributed by atoms with van der Waals surface area (Å²) in [6, 6.07) is 11.6. The molecule has 0 aromatic heterocycles. The quantitative estimate of drug-likeness (QED) is 0.855. The van der Waals surface area contributed by atoms with Crippen molar-refractivity contribution in [3.63, 3.8) is 0 Å². The number of aliphatic hydroxyl groups is 1. The number of piperidine rings is 1. The molecule has 150 valence electrons. The molecular weight excluding hydrogens is 371 g/mol. The lowest BCUT2D eigenvalue weighted by Crippen LogP contribution is -2.53. The van der Waals surface area contributed by atoms with E-state index in [0.29, 0.717) is 36.1 Å². The first kappa shape index (κ1) is 20.4. The van der Waals surface area contributed by atoms with Crippen LogP contribution in [0.1, 0.15) is 28.8 Å². The molecule has 1 amide bonds. The molecule has 0 saturated carbocycles. The molecule has 0 spiro atoms. The van der Waals surface area contributed by atoms with Gasteiger partial charge in [-0.3, -0.25) is 4.79 Å². The van der Waals surface area contributed by atoms with Crippen molar-refractivity contribution in [1.29, 1.82) is 0 Å². The molecule has 4 nitrogen and oxygen atoms in total. The Morgan fingerprint density at radius 2 is 1.86 bits per heavy atom. The van der Waals surface area contributed by atoms with E-state index < -0.39 is 17.3 Å². The summed E-state index contributed by atoms with van der Waals surface area (Å²) < 4.78 is 43.9. The van der Waals surface area contributed by atoms with E-state index in [1.165, 1.54) is 19.2 Å². The van der Waals surface area contributed by atoms with Crippen molar-refractivity contribution in [2.24, 2.45) is 0 Å². The molecule has 1 heterocycles. The van der Waals surface area contributed by atoms with Crippen LogP contribution in [0.4, 0.5) is 13.2 Å². The van der Waals surface area contributed by atoms with E-state index in [9.17, 15) is 23.1 Å². The van der Waals surface area contributed by atoms with Crippen LogP contribution in [0.25, 0.3) is 11.1 Å². The number of benzene rings is 2. The van der Waals surface area contributed by atoms with Gasteiger partial charge >= 0.3 is 6.18 Å². The zero-order chi connectivity index (χ0) is 20.4. The van der Waals surface area contributed by atoms with Crippen LogP contribution in [0.2, 0.25) is 0 Å². The molecule has 1 aliphatic heterocycles. The van der Waals surface area contributed by atoms with Crippen LogP contribution in [0, 0.1) is 0 Å². The number of carbonyl (C=O) groups is 1. The molecule has 2 aromatic rings. The number of rotatable bonds is 4. The van der Waals surface area contributed by atoms with Gasteiger partial charge in [0.2, 0.25) is 0 Å². The van der Waals surface area contributed by atoms with Crippen molar-refractivity contribution in [3.8, 4) is 11.1 Å². The average molecular weight is 393 g/mol. The Morgan fingerprint density at radius 3 is 2.46 bits per heavy atom. The van der Waals surface area contributed by atoms with E-state index in [0.717, 1.165) is 12.1 Å². The summed E-state index contributed by atoms with van der Waals surface area (Å²) in [5.74, 6) is -0.231. The number of halogens is 3. The molecule has 1 aliphatic rings. The maximum absolute atomic E-state index is 13.1. The molecule has 1 N–H and O–H groups in total. The SMILES string of the molecule is COC1(CO)CCCN(C(=O)c2ccccc2-c2ccc(C(F)(F)F)cc2)C1. The van der Waals surface area contributed by atoms with E-state index in [2.05, 4.69) is 0 Å². The Morgan fingerprint density at radius 1 is 1.18 bits per heavy atom. The Kier molecular flexibility index (Phi) is 5.76. The zero-order valence-corrected chi connectivity index (χ0v) is 15.5. The van der Waals surface area contributed by atoms with E-state index in [4.69, 9.17) is 4.74 Å². The number of hydrogen-bond donors (Lipinski definition) is 1. The van der Waals surface area contributed by atoms with Crippen LogP contribution in [-0.4, -0.2) is 48.3 Å². The fourth-order valence-electron chi connectivity index (χ4n) is 3.56. The lowest BCUT2D eigenvalue weighted by molar-refractivity contribution is -0.137. The Labute approximate surface area is 161 Å². The van der Waals surface area contributed by atoms with Gasteiger partial charge < -0.3 is 14.7 Å². The highest BCUT2D eigenvalue weighted by molar-refractivity contribution is 6.01. The van der Waals surface area contributed by atoms with Gasteiger partial charge in [0.25, 0.3) is 5.91 Å². The third kappa shape index (κ3) is 4.05. The second kappa shape index (κ2) is 7.93. The third-order valence-electron chi connectivity index (χ3n) is 5.23. The van der Waals surface area contributed by atoms with Crippen molar-refractivity contribution < 1.29 is 27.8 Å². The van der Waals surface area contributed by atoms with Crippen LogP contribution >= 0.6 is 0 Å². The highest BCUT2D eigenvalue weighted by Gasteiger charge is 2.37. The van der Waals surface area contributed by atoms with E-state index in [-0.39, 0.29) is 19.1 Å². The summed E-state index contributed by atoms with van der Waals surface area (Å²) in [4.78, 5) is 14.8. The first-order chi connectivity index (χ1) is 13.3. The van der Waals surface area contributed by atoms with E-state index >= 15 is 0 Å². The molecule has 1 unspecified atom stereocenters. The average Bonchev–Trinajstić information content (AvgIpc) is 2.72. The Hall–Kier alpha value is -2.38. The van der Waals surface area contributed by atoms with Gasteiger partial charge in [0.15, 0.2) is 0 Å². The lowest BCUT2D eigenvalue weighted by atomic mass is 9.92. The van der Waals surface area contributed by atoms with Crippen molar-refractivity contribution in [1.82, 2.24) is 4.90 Å². The van der Waals surface area contributed by atoms with Crippen LogP contribution in [0.3, 0.4) is 0 Å². The molecule has 1 atom stereocenters. The fraction of sp³-hybridized carbons (Fsp3) is 0.381. The lowest BCUT2D eigenvalue weighted by Gasteiger charge is -2.40. The summed E-state index contributed by atoms with van der Waals surface area (Å²) >= 11 is 0. The number of aliphatic hydroxyl groups excluding tert-OH is 1. The number of nitrogens with zero attached hydrogens (tertiary/aromatic N) is 1. The maximum atomic E-state index is 13.1. The number of amides is 1. The number of hydrogen-bond acceptors (Lipinski definition) is 3. The smallest absolute Gasteiger partial charge is 0.393 e. The molecule has 0 aliphatic carbocycles. The predicted molar refractivity (Wildman–Crippen MR) is 98.8 cm³/mol. The van der Waals surface area contributed by atoms with Crippen LogP contribution in [0.5, 0.6) is 0 Å². The molecule has 2 aromatic carbocycles. The minimum atomic E-state index is -4.41. The summed E-state index contributed by atoms with van der Waals surface area (Å²) in [5, 5.41) is 9.68. The maximum Gasteiger partial charge on any atom is 0.416 e. The molecule has 3 rings (SSSR count). The number of methoxy groups -OCH3 is 1. The normalized spacial score (nSPS) is 20.2. The molecule has 0 radical (unpaired) electrons. The second-order valence-electron chi connectivity index (χ2n) is 7.00. The second-order valence-corrected chi connectivity index (χ2v) is 7.00. The standard InChI is InChI=1S/C21H22F3NO3/c1-28-20(14-26)11-4-12-25(13-20)19(27)18-6-3-2-5-17(18)15-7-9-16(10-8-15)21(22,23)24/h2-3,5-10,26H,4,11-14H2,1H3. The highest BCUT2D eigenvalue weighted by Crippen LogP contribution is 2.33. The van der Waals surface area contributed by atoms with Crippen LogP contribution in [0.15, 0.2) is 48.5 Å². The Balaban J connectivity index is 1.91. The van der Waals surface area contributed by atoms with Crippen LogP contribution in [-0.2, 0) is 10.9 Å². The molecule has 0 bridgehead atoms. The van der Waals surface area contributed by atoms with Gasteiger partial charge in [0.05, 0.1) is 18.7 Å². The fourth-order valence-corrected chi connectivity index (χ4v) is 3.56. The number of ether oxygens (including phenoxy) is 1. The molecule has 7 heteroatoms.